The highest BCUT2D eigenvalue weighted by atomic mass is 16.7. The molecule has 0 spiro atoms. The van der Waals surface area contributed by atoms with Crippen molar-refractivity contribution in [1.82, 2.24) is 9.80 Å². The third kappa shape index (κ3) is 5.07. The minimum absolute atomic E-state index is 0.0323. The number of ether oxygens (including phenoxy) is 2. The summed E-state index contributed by atoms with van der Waals surface area (Å²) in [5.41, 5.74) is 0.504. The summed E-state index contributed by atoms with van der Waals surface area (Å²) in [6.07, 6.45) is 2.46. The zero-order valence-corrected chi connectivity index (χ0v) is 14.4. The van der Waals surface area contributed by atoms with Gasteiger partial charge in [-0.2, -0.15) is 0 Å². The molecule has 0 radical (unpaired) electrons. The lowest BCUT2D eigenvalue weighted by Gasteiger charge is -2.34. The number of carbonyl (C=O) groups is 3. The van der Waals surface area contributed by atoms with E-state index in [-0.39, 0.29) is 18.4 Å². The van der Waals surface area contributed by atoms with Crippen LogP contribution in [0.5, 0.6) is 5.75 Å². The predicted molar refractivity (Wildman–Crippen MR) is 91.4 cm³/mol. The van der Waals surface area contributed by atoms with Crippen molar-refractivity contribution in [2.75, 3.05) is 32.8 Å². The molecule has 0 unspecified atom stereocenters. The van der Waals surface area contributed by atoms with Gasteiger partial charge in [0.1, 0.15) is 5.75 Å². The van der Waals surface area contributed by atoms with Crippen LogP contribution in [0.25, 0.3) is 0 Å². The first kappa shape index (κ1) is 18.5. The maximum Gasteiger partial charge on any atom is 0.513 e. The second kappa shape index (κ2) is 8.86. The molecular formula is C18H22N2O5. The number of benzene rings is 1. The standard InChI is InChI=1S/C18H22N2O5/c1-3-5-16(21)19-10-12-20(13-11-19)17(22)14-6-8-15(9-7-14)25-18(23)24-4-2/h3,5-9H,4,10-13H2,1-2H3/b5-3+. The van der Waals surface area contributed by atoms with Gasteiger partial charge in [-0.3, -0.25) is 9.59 Å². The fraction of sp³-hybridized carbons (Fsp3) is 0.389. The molecule has 7 heteroatoms. The Morgan fingerprint density at radius 1 is 1.04 bits per heavy atom. The van der Waals surface area contributed by atoms with E-state index in [1.54, 1.807) is 54.0 Å². The van der Waals surface area contributed by atoms with Crippen LogP contribution < -0.4 is 4.74 Å². The molecule has 1 aromatic carbocycles. The highest BCUT2D eigenvalue weighted by molar-refractivity contribution is 5.94. The molecule has 0 N–H and O–H groups in total. The van der Waals surface area contributed by atoms with Gasteiger partial charge < -0.3 is 19.3 Å². The fourth-order valence-electron chi connectivity index (χ4n) is 2.47. The van der Waals surface area contributed by atoms with Crippen LogP contribution in [-0.4, -0.2) is 60.6 Å². The van der Waals surface area contributed by atoms with Crippen molar-refractivity contribution in [3.05, 3.63) is 42.0 Å². The maximum atomic E-state index is 12.5. The van der Waals surface area contributed by atoms with Crippen molar-refractivity contribution in [3.8, 4) is 5.75 Å². The lowest BCUT2D eigenvalue weighted by Crippen LogP contribution is -2.50. The Hall–Kier alpha value is -2.83. The summed E-state index contributed by atoms with van der Waals surface area (Å²) in [6, 6.07) is 6.31. The molecule has 25 heavy (non-hydrogen) atoms. The van der Waals surface area contributed by atoms with E-state index in [0.29, 0.717) is 37.5 Å². The molecule has 1 aliphatic rings. The molecule has 0 bridgehead atoms. The first-order valence-corrected chi connectivity index (χ1v) is 8.20. The molecule has 0 aromatic heterocycles. The summed E-state index contributed by atoms with van der Waals surface area (Å²) < 4.78 is 9.65. The van der Waals surface area contributed by atoms with Crippen LogP contribution in [-0.2, 0) is 9.53 Å². The van der Waals surface area contributed by atoms with E-state index >= 15 is 0 Å². The number of hydrogen-bond acceptors (Lipinski definition) is 5. The number of carbonyl (C=O) groups excluding carboxylic acids is 3. The van der Waals surface area contributed by atoms with Crippen molar-refractivity contribution in [1.29, 1.82) is 0 Å². The van der Waals surface area contributed by atoms with Crippen molar-refractivity contribution < 1.29 is 23.9 Å². The molecule has 1 aromatic rings. The van der Waals surface area contributed by atoms with Crippen LogP contribution in [0, 0.1) is 0 Å². The van der Waals surface area contributed by atoms with Gasteiger partial charge in [-0.25, -0.2) is 4.79 Å². The van der Waals surface area contributed by atoms with E-state index in [4.69, 9.17) is 9.47 Å². The molecule has 7 nitrogen and oxygen atoms in total. The van der Waals surface area contributed by atoms with Gasteiger partial charge in [-0.05, 0) is 44.2 Å². The van der Waals surface area contributed by atoms with Crippen LogP contribution >= 0.6 is 0 Å². The quantitative estimate of drug-likeness (QED) is 0.474. The SMILES string of the molecule is C/C=C/C(=O)N1CCN(C(=O)c2ccc(OC(=O)OCC)cc2)CC1. The average molecular weight is 346 g/mol. The molecule has 1 saturated heterocycles. The molecule has 134 valence electrons. The topological polar surface area (TPSA) is 76.2 Å². The molecule has 0 saturated carbocycles. The van der Waals surface area contributed by atoms with E-state index < -0.39 is 6.16 Å². The number of amides is 2. The third-order valence-electron chi connectivity index (χ3n) is 3.75. The van der Waals surface area contributed by atoms with Crippen LogP contribution in [0.15, 0.2) is 36.4 Å². The van der Waals surface area contributed by atoms with Gasteiger partial charge in [-0.15, -0.1) is 0 Å². The number of rotatable bonds is 4. The van der Waals surface area contributed by atoms with Crippen molar-refractivity contribution >= 4 is 18.0 Å². The molecule has 1 heterocycles. The van der Waals surface area contributed by atoms with Crippen molar-refractivity contribution in [2.45, 2.75) is 13.8 Å². The molecule has 0 aliphatic carbocycles. The lowest BCUT2D eigenvalue weighted by atomic mass is 10.1. The minimum atomic E-state index is -0.775. The van der Waals surface area contributed by atoms with E-state index in [0.717, 1.165) is 0 Å². The summed E-state index contributed by atoms with van der Waals surface area (Å²) >= 11 is 0. The highest BCUT2D eigenvalue weighted by Crippen LogP contribution is 2.15. The van der Waals surface area contributed by atoms with Crippen molar-refractivity contribution in [3.63, 3.8) is 0 Å². The van der Waals surface area contributed by atoms with E-state index in [1.165, 1.54) is 6.08 Å². The van der Waals surface area contributed by atoms with E-state index in [2.05, 4.69) is 0 Å². The zero-order chi connectivity index (χ0) is 18.2. The molecule has 1 aliphatic heterocycles. The summed E-state index contributed by atoms with van der Waals surface area (Å²) in [6.45, 7) is 5.73. The molecule has 2 rings (SSSR count). The molecule has 2 amide bonds. The van der Waals surface area contributed by atoms with Crippen LogP contribution in [0.1, 0.15) is 24.2 Å². The zero-order valence-electron chi connectivity index (χ0n) is 14.4. The van der Waals surface area contributed by atoms with Crippen molar-refractivity contribution in [2.24, 2.45) is 0 Å². The number of nitrogens with zero attached hydrogens (tertiary/aromatic N) is 2. The second-order valence-corrected chi connectivity index (χ2v) is 5.43. The van der Waals surface area contributed by atoms with Gasteiger partial charge in [0, 0.05) is 31.7 Å². The number of piperazine rings is 1. The Bertz CT molecular complexity index is 646. The Morgan fingerprint density at radius 2 is 1.64 bits per heavy atom. The van der Waals surface area contributed by atoms with E-state index in [9.17, 15) is 14.4 Å². The first-order chi connectivity index (χ1) is 12.0. The monoisotopic (exact) mass is 346 g/mol. The summed E-state index contributed by atoms with van der Waals surface area (Å²) in [4.78, 5) is 39.0. The number of hydrogen-bond donors (Lipinski definition) is 0. The summed E-state index contributed by atoms with van der Waals surface area (Å²) in [5, 5.41) is 0. The Balaban J connectivity index is 1.91. The van der Waals surface area contributed by atoms with Crippen LogP contribution in [0.3, 0.4) is 0 Å². The Morgan fingerprint density at radius 3 is 2.20 bits per heavy atom. The van der Waals surface area contributed by atoms with Crippen LogP contribution in [0.2, 0.25) is 0 Å². The normalized spacial score (nSPS) is 14.5. The largest absolute Gasteiger partial charge is 0.513 e. The lowest BCUT2D eigenvalue weighted by molar-refractivity contribution is -0.127. The first-order valence-electron chi connectivity index (χ1n) is 8.20. The number of allylic oxidation sites excluding steroid dienone is 1. The van der Waals surface area contributed by atoms with Gasteiger partial charge in [0.15, 0.2) is 0 Å². The van der Waals surface area contributed by atoms with Gasteiger partial charge in [0.05, 0.1) is 6.61 Å². The summed E-state index contributed by atoms with van der Waals surface area (Å²) in [7, 11) is 0. The second-order valence-electron chi connectivity index (χ2n) is 5.43. The van der Waals surface area contributed by atoms with Gasteiger partial charge >= 0.3 is 6.16 Å². The Labute approximate surface area is 146 Å². The maximum absolute atomic E-state index is 12.5. The smallest absolute Gasteiger partial charge is 0.434 e. The Kier molecular flexibility index (Phi) is 6.56. The minimum Gasteiger partial charge on any atom is -0.434 e. The highest BCUT2D eigenvalue weighted by Gasteiger charge is 2.23. The fourth-order valence-corrected chi connectivity index (χ4v) is 2.47. The van der Waals surface area contributed by atoms with Gasteiger partial charge in [-0.1, -0.05) is 6.08 Å². The molecule has 0 atom stereocenters. The average Bonchev–Trinajstić information content (AvgIpc) is 2.62. The molecular weight excluding hydrogens is 324 g/mol. The predicted octanol–water partition coefficient (Wildman–Crippen LogP) is 2.08. The van der Waals surface area contributed by atoms with Gasteiger partial charge in [0.2, 0.25) is 5.91 Å². The third-order valence-corrected chi connectivity index (χ3v) is 3.75. The molecule has 1 fully saturated rings. The van der Waals surface area contributed by atoms with Gasteiger partial charge in [0.25, 0.3) is 5.91 Å². The summed E-state index contributed by atoms with van der Waals surface area (Å²) in [5.74, 6) is 0.174. The van der Waals surface area contributed by atoms with Crippen LogP contribution in [0.4, 0.5) is 4.79 Å². The van der Waals surface area contributed by atoms with E-state index in [1.807, 2.05) is 0 Å².